The highest BCUT2D eigenvalue weighted by atomic mass is 79.9. The van der Waals surface area contributed by atoms with Crippen molar-refractivity contribution in [1.29, 1.82) is 0 Å². The van der Waals surface area contributed by atoms with Gasteiger partial charge >= 0.3 is 0 Å². The van der Waals surface area contributed by atoms with Crippen molar-refractivity contribution in [3.8, 4) is 5.75 Å². The minimum atomic E-state index is -0.758. The van der Waals surface area contributed by atoms with Gasteiger partial charge in [0.05, 0.1) is 6.54 Å². The summed E-state index contributed by atoms with van der Waals surface area (Å²) in [4.78, 5) is 3.99. The van der Waals surface area contributed by atoms with E-state index in [1.54, 1.807) is 41.2 Å². The molecule has 2 N–H and O–H groups in total. The fraction of sp³-hybridized carbons (Fsp3) is 0.182. The highest BCUT2D eigenvalue weighted by Crippen LogP contribution is 2.25. The van der Waals surface area contributed by atoms with Crippen LogP contribution in [0.25, 0.3) is 0 Å². The predicted molar refractivity (Wildman–Crippen MR) is 63.0 cm³/mol. The van der Waals surface area contributed by atoms with Crippen LogP contribution in [0.4, 0.5) is 0 Å². The number of aliphatic hydroxyl groups excluding tert-OH is 1. The van der Waals surface area contributed by atoms with E-state index in [4.69, 9.17) is 0 Å². The first-order valence-corrected chi connectivity index (χ1v) is 5.60. The number of hydrogen-bond acceptors (Lipinski definition) is 3. The molecule has 0 aliphatic carbocycles. The van der Waals surface area contributed by atoms with Gasteiger partial charge in [-0.15, -0.1) is 0 Å². The zero-order valence-corrected chi connectivity index (χ0v) is 10.0. The van der Waals surface area contributed by atoms with Crippen LogP contribution in [0.2, 0.25) is 0 Å². The molecule has 1 heterocycles. The Labute approximate surface area is 101 Å². The van der Waals surface area contributed by atoms with Crippen LogP contribution in [0.5, 0.6) is 5.75 Å². The number of phenols is 1. The fourth-order valence-electron chi connectivity index (χ4n) is 1.50. The SMILES string of the molecule is Oc1ccccc1C(O)Cn1ccnc1Br. The molecular weight excluding hydrogens is 272 g/mol. The van der Waals surface area contributed by atoms with E-state index >= 15 is 0 Å². The molecule has 16 heavy (non-hydrogen) atoms. The summed E-state index contributed by atoms with van der Waals surface area (Å²) in [6, 6.07) is 6.76. The Kier molecular flexibility index (Phi) is 3.26. The number of phenolic OH excluding ortho intramolecular Hbond substituents is 1. The maximum atomic E-state index is 9.97. The number of nitrogens with zero attached hydrogens (tertiary/aromatic N) is 2. The molecule has 0 aliphatic heterocycles. The van der Waals surface area contributed by atoms with Crippen molar-refractivity contribution in [2.24, 2.45) is 0 Å². The van der Waals surface area contributed by atoms with Crippen LogP contribution in [-0.4, -0.2) is 19.8 Å². The Morgan fingerprint density at radius 1 is 1.38 bits per heavy atom. The van der Waals surface area contributed by atoms with Gasteiger partial charge in [-0.2, -0.15) is 0 Å². The van der Waals surface area contributed by atoms with E-state index in [0.29, 0.717) is 16.8 Å². The van der Waals surface area contributed by atoms with E-state index in [-0.39, 0.29) is 5.75 Å². The molecule has 2 rings (SSSR count). The number of rotatable bonds is 3. The van der Waals surface area contributed by atoms with Gasteiger partial charge in [-0.1, -0.05) is 18.2 Å². The Hall–Kier alpha value is -1.33. The quantitative estimate of drug-likeness (QED) is 0.906. The van der Waals surface area contributed by atoms with E-state index < -0.39 is 6.10 Å². The fourth-order valence-corrected chi connectivity index (χ4v) is 1.88. The maximum absolute atomic E-state index is 9.97. The first-order chi connectivity index (χ1) is 7.68. The van der Waals surface area contributed by atoms with Crippen LogP contribution in [-0.2, 0) is 6.54 Å². The third-order valence-electron chi connectivity index (χ3n) is 2.33. The molecule has 0 saturated heterocycles. The Morgan fingerprint density at radius 3 is 2.75 bits per heavy atom. The van der Waals surface area contributed by atoms with Gasteiger partial charge in [-0.05, 0) is 22.0 Å². The van der Waals surface area contributed by atoms with E-state index in [1.807, 2.05) is 0 Å². The van der Waals surface area contributed by atoms with Crippen molar-refractivity contribution >= 4 is 15.9 Å². The summed E-state index contributed by atoms with van der Waals surface area (Å²) in [5.74, 6) is 0.103. The second kappa shape index (κ2) is 4.67. The molecule has 0 amide bonds. The molecule has 0 radical (unpaired) electrons. The Bertz CT molecular complexity index is 484. The van der Waals surface area contributed by atoms with Gasteiger partial charge in [0.15, 0.2) is 4.73 Å². The lowest BCUT2D eigenvalue weighted by Gasteiger charge is -2.13. The van der Waals surface area contributed by atoms with Crippen molar-refractivity contribution < 1.29 is 10.2 Å². The molecule has 0 bridgehead atoms. The molecule has 1 atom stereocenters. The average molecular weight is 283 g/mol. The largest absolute Gasteiger partial charge is 0.508 e. The van der Waals surface area contributed by atoms with Crippen molar-refractivity contribution in [1.82, 2.24) is 9.55 Å². The van der Waals surface area contributed by atoms with Crippen LogP contribution < -0.4 is 0 Å². The molecule has 4 nitrogen and oxygen atoms in total. The van der Waals surface area contributed by atoms with E-state index in [0.717, 1.165) is 0 Å². The number of halogens is 1. The second-order valence-corrected chi connectivity index (χ2v) is 4.13. The van der Waals surface area contributed by atoms with Crippen LogP contribution in [0.3, 0.4) is 0 Å². The van der Waals surface area contributed by atoms with Crippen LogP contribution in [0.15, 0.2) is 41.4 Å². The van der Waals surface area contributed by atoms with Crippen LogP contribution in [0, 0.1) is 0 Å². The first-order valence-electron chi connectivity index (χ1n) is 4.81. The zero-order valence-electron chi connectivity index (χ0n) is 8.42. The molecule has 0 saturated carbocycles. The lowest BCUT2D eigenvalue weighted by atomic mass is 10.1. The Balaban J connectivity index is 2.18. The predicted octanol–water partition coefficient (Wildman–Crippen LogP) is 2.08. The summed E-state index contributed by atoms with van der Waals surface area (Å²) in [5, 5.41) is 19.6. The van der Waals surface area contributed by atoms with Crippen LogP contribution in [0.1, 0.15) is 11.7 Å². The smallest absolute Gasteiger partial charge is 0.177 e. The van der Waals surface area contributed by atoms with Gasteiger partial charge in [0, 0.05) is 18.0 Å². The third-order valence-corrected chi connectivity index (χ3v) is 2.99. The summed E-state index contributed by atoms with van der Waals surface area (Å²) in [5.41, 5.74) is 0.517. The molecule has 84 valence electrons. The minimum Gasteiger partial charge on any atom is -0.508 e. The molecule has 2 aromatic rings. The highest BCUT2D eigenvalue weighted by Gasteiger charge is 2.13. The summed E-state index contributed by atoms with van der Waals surface area (Å²) in [6.07, 6.45) is 2.64. The summed E-state index contributed by atoms with van der Waals surface area (Å²) in [7, 11) is 0. The third kappa shape index (κ3) is 2.25. The van der Waals surface area contributed by atoms with E-state index in [9.17, 15) is 10.2 Å². The Morgan fingerprint density at radius 2 is 2.12 bits per heavy atom. The monoisotopic (exact) mass is 282 g/mol. The molecule has 1 unspecified atom stereocenters. The zero-order chi connectivity index (χ0) is 11.5. The second-order valence-electron chi connectivity index (χ2n) is 3.42. The number of imidazole rings is 1. The minimum absolute atomic E-state index is 0.103. The number of benzene rings is 1. The molecule has 5 heteroatoms. The first kappa shape index (κ1) is 11.2. The average Bonchev–Trinajstić information content (AvgIpc) is 2.65. The van der Waals surface area contributed by atoms with Crippen LogP contribution >= 0.6 is 15.9 Å². The molecule has 0 aliphatic rings. The number of para-hydroxylation sites is 1. The van der Waals surface area contributed by atoms with Crippen molar-refractivity contribution in [2.45, 2.75) is 12.6 Å². The van der Waals surface area contributed by atoms with Gasteiger partial charge in [0.1, 0.15) is 11.9 Å². The molecule has 0 fully saturated rings. The standard InChI is InChI=1S/C11H11BrN2O2/c12-11-13-5-6-14(11)7-10(16)8-3-1-2-4-9(8)15/h1-6,10,15-16H,7H2. The molecule has 1 aromatic carbocycles. The highest BCUT2D eigenvalue weighted by molar-refractivity contribution is 9.10. The molecule has 0 spiro atoms. The summed E-state index contributed by atoms with van der Waals surface area (Å²) < 4.78 is 2.42. The van der Waals surface area contributed by atoms with Crippen molar-refractivity contribution in [3.05, 3.63) is 47.0 Å². The normalized spacial score (nSPS) is 12.6. The number of aromatic nitrogens is 2. The number of aliphatic hydroxyl groups is 1. The van der Waals surface area contributed by atoms with Crippen molar-refractivity contribution in [2.75, 3.05) is 0 Å². The van der Waals surface area contributed by atoms with E-state index in [2.05, 4.69) is 20.9 Å². The summed E-state index contributed by atoms with van der Waals surface area (Å²) >= 11 is 3.26. The van der Waals surface area contributed by atoms with E-state index in [1.165, 1.54) is 0 Å². The van der Waals surface area contributed by atoms with Gasteiger partial charge in [0.2, 0.25) is 0 Å². The van der Waals surface area contributed by atoms with Gasteiger partial charge in [-0.3, -0.25) is 0 Å². The van der Waals surface area contributed by atoms with Gasteiger partial charge < -0.3 is 14.8 Å². The molecular formula is C11H11BrN2O2. The lowest BCUT2D eigenvalue weighted by molar-refractivity contribution is 0.152. The topological polar surface area (TPSA) is 58.3 Å². The number of aromatic hydroxyl groups is 1. The number of hydrogen-bond donors (Lipinski definition) is 2. The van der Waals surface area contributed by atoms with Gasteiger partial charge in [-0.25, -0.2) is 4.98 Å². The summed E-state index contributed by atoms with van der Waals surface area (Å²) in [6.45, 7) is 0.345. The van der Waals surface area contributed by atoms with Crippen molar-refractivity contribution in [3.63, 3.8) is 0 Å². The lowest BCUT2D eigenvalue weighted by Crippen LogP contribution is -2.08. The maximum Gasteiger partial charge on any atom is 0.177 e. The molecule has 1 aromatic heterocycles. The van der Waals surface area contributed by atoms with Gasteiger partial charge in [0.25, 0.3) is 0 Å².